The maximum Gasteiger partial charge on any atom is 0.186 e. The fourth-order valence-corrected chi connectivity index (χ4v) is 3.22. The van der Waals surface area contributed by atoms with Crippen LogP contribution in [0.15, 0.2) is 30.3 Å². The van der Waals surface area contributed by atoms with Gasteiger partial charge < -0.3 is 28.4 Å². The summed E-state index contributed by atoms with van der Waals surface area (Å²) in [7, 11) is 3.24. The third-order valence-electron chi connectivity index (χ3n) is 4.39. The molecule has 0 aliphatic carbocycles. The average molecular weight is 338 g/mol. The van der Waals surface area contributed by atoms with Gasteiger partial charge in [0.25, 0.3) is 0 Å². The summed E-state index contributed by atoms with van der Waals surface area (Å²) in [5, 5.41) is 0. The Labute approximate surface area is 142 Å². The van der Waals surface area contributed by atoms with Crippen LogP contribution in [0.4, 0.5) is 0 Å². The van der Waals surface area contributed by atoms with Gasteiger partial charge in [-0.2, -0.15) is 0 Å². The van der Waals surface area contributed by atoms with E-state index in [0.717, 1.165) is 5.56 Å². The lowest BCUT2D eigenvalue weighted by molar-refractivity contribution is -0.187. The first-order valence-corrected chi connectivity index (χ1v) is 8.22. The Bertz CT molecular complexity index is 520. The largest absolute Gasteiger partial charge is 0.373 e. The van der Waals surface area contributed by atoms with Crippen molar-refractivity contribution < 1.29 is 28.4 Å². The van der Waals surface area contributed by atoms with Crippen molar-refractivity contribution in [2.24, 2.45) is 0 Å². The van der Waals surface area contributed by atoms with Gasteiger partial charge in [0, 0.05) is 14.2 Å². The zero-order valence-electron chi connectivity index (χ0n) is 14.6. The number of hydrogen-bond acceptors (Lipinski definition) is 6. The smallest absolute Gasteiger partial charge is 0.186 e. The third-order valence-corrected chi connectivity index (χ3v) is 4.39. The summed E-state index contributed by atoms with van der Waals surface area (Å²) in [6, 6.07) is 10.0. The molecule has 134 valence electrons. The van der Waals surface area contributed by atoms with Crippen LogP contribution in [0.2, 0.25) is 0 Å². The molecule has 0 amide bonds. The molecule has 5 atom stereocenters. The van der Waals surface area contributed by atoms with E-state index in [2.05, 4.69) is 0 Å². The van der Waals surface area contributed by atoms with Crippen LogP contribution in [0, 0.1) is 0 Å². The van der Waals surface area contributed by atoms with Crippen molar-refractivity contribution in [2.75, 3.05) is 20.8 Å². The fraction of sp³-hybridized carbons (Fsp3) is 0.667. The van der Waals surface area contributed by atoms with Crippen molar-refractivity contribution >= 4 is 0 Å². The lowest BCUT2D eigenvalue weighted by atomic mass is 10.1. The number of methoxy groups -OCH3 is 2. The molecule has 1 aromatic rings. The van der Waals surface area contributed by atoms with E-state index in [9.17, 15) is 0 Å². The Kier molecular flexibility index (Phi) is 5.54. The van der Waals surface area contributed by atoms with Gasteiger partial charge in [0.2, 0.25) is 0 Å². The highest BCUT2D eigenvalue weighted by Gasteiger charge is 2.52. The predicted molar refractivity (Wildman–Crippen MR) is 86.4 cm³/mol. The quantitative estimate of drug-likeness (QED) is 0.792. The van der Waals surface area contributed by atoms with Crippen LogP contribution >= 0.6 is 0 Å². The van der Waals surface area contributed by atoms with Crippen molar-refractivity contribution in [1.29, 1.82) is 0 Å². The SMILES string of the molecule is CO[C@@H]1O[C@@H]([C@H]2COC(C)(C)O2)[C@H](OCc2ccccc2)[C@H]1OC. The Morgan fingerprint density at radius 1 is 1.08 bits per heavy atom. The molecule has 0 aromatic heterocycles. The molecule has 6 nitrogen and oxygen atoms in total. The third kappa shape index (κ3) is 3.79. The van der Waals surface area contributed by atoms with Crippen LogP contribution in [0.1, 0.15) is 19.4 Å². The number of benzene rings is 1. The molecule has 2 heterocycles. The van der Waals surface area contributed by atoms with Gasteiger partial charge >= 0.3 is 0 Å². The monoisotopic (exact) mass is 338 g/mol. The molecular formula is C18H26O6. The zero-order chi connectivity index (χ0) is 17.2. The first kappa shape index (κ1) is 17.8. The van der Waals surface area contributed by atoms with Gasteiger partial charge in [-0.3, -0.25) is 0 Å². The lowest BCUT2D eigenvalue weighted by Crippen LogP contribution is -2.43. The summed E-state index contributed by atoms with van der Waals surface area (Å²) in [6.45, 7) is 4.71. The van der Waals surface area contributed by atoms with Crippen LogP contribution in [0.25, 0.3) is 0 Å². The zero-order valence-corrected chi connectivity index (χ0v) is 14.6. The number of ether oxygens (including phenoxy) is 6. The van der Waals surface area contributed by atoms with Crippen molar-refractivity contribution in [3.63, 3.8) is 0 Å². The van der Waals surface area contributed by atoms with Crippen molar-refractivity contribution in [1.82, 2.24) is 0 Å². The molecule has 0 unspecified atom stereocenters. The maximum atomic E-state index is 6.15. The Morgan fingerprint density at radius 3 is 2.42 bits per heavy atom. The maximum absolute atomic E-state index is 6.15. The normalized spacial score (nSPS) is 35.4. The molecule has 0 N–H and O–H groups in total. The first-order chi connectivity index (χ1) is 11.5. The van der Waals surface area contributed by atoms with E-state index in [-0.39, 0.29) is 24.4 Å². The first-order valence-electron chi connectivity index (χ1n) is 8.22. The van der Waals surface area contributed by atoms with Gasteiger partial charge in [-0.15, -0.1) is 0 Å². The summed E-state index contributed by atoms with van der Waals surface area (Å²) < 4.78 is 34.8. The van der Waals surface area contributed by atoms with Crippen molar-refractivity contribution in [2.45, 2.75) is 56.9 Å². The molecule has 0 spiro atoms. The minimum absolute atomic E-state index is 0.224. The summed E-state index contributed by atoms with van der Waals surface area (Å²) in [4.78, 5) is 0. The van der Waals surface area contributed by atoms with E-state index in [1.54, 1.807) is 14.2 Å². The standard InChI is InChI=1S/C18H26O6/c1-18(2)22-11-13(24-18)14-15(16(19-3)17(20-4)23-14)21-10-12-8-6-5-7-9-12/h5-9,13-17H,10-11H2,1-4H3/t13-,14+,15+,16-,17-/m1/s1. The molecule has 0 radical (unpaired) electrons. The van der Waals surface area contributed by atoms with E-state index < -0.39 is 12.1 Å². The summed E-state index contributed by atoms with van der Waals surface area (Å²) in [5.74, 6) is -0.619. The van der Waals surface area contributed by atoms with Crippen LogP contribution in [0.3, 0.4) is 0 Å². The molecule has 6 heteroatoms. The van der Waals surface area contributed by atoms with Gasteiger partial charge in [-0.1, -0.05) is 30.3 Å². The Morgan fingerprint density at radius 2 is 1.83 bits per heavy atom. The van der Waals surface area contributed by atoms with Crippen LogP contribution in [-0.4, -0.2) is 57.3 Å². The molecule has 2 saturated heterocycles. The molecule has 0 saturated carbocycles. The van der Waals surface area contributed by atoms with Crippen LogP contribution in [0.5, 0.6) is 0 Å². The Balaban J connectivity index is 1.72. The van der Waals surface area contributed by atoms with Gasteiger partial charge in [0.15, 0.2) is 12.1 Å². The second-order valence-corrected chi connectivity index (χ2v) is 6.53. The summed E-state index contributed by atoms with van der Waals surface area (Å²) in [6.07, 6.45) is -1.66. The summed E-state index contributed by atoms with van der Waals surface area (Å²) >= 11 is 0. The molecule has 1 aromatic carbocycles. The van der Waals surface area contributed by atoms with Crippen molar-refractivity contribution in [3.05, 3.63) is 35.9 Å². The molecule has 24 heavy (non-hydrogen) atoms. The molecule has 2 aliphatic heterocycles. The molecule has 2 aliphatic rings. The van der Waals surface area contributed by atoms with E-state index in [0.29, 0.717) is 13.2 Å². The van der Waals surface area contributed by atoms with Gasteiger partial charge in [-0.05, 0) is 19.4 Å². The highest BCUT2D eigenvalue weighted by atomic mass is 16.8. The summed E-state index contributed by atoms with van der Waals surface area (Å²) in [5.41, 5.74) is 1.09. The minimum atomic E-state index is -0.619. The van der Waals surface area contributed by atoms with Crippen molar-refractivity contribution in [3.8, 4) is 0 Å². The van der Waals surface area contributed by atoms with Crippen LogP contribution < -0.4 is 0 Å². The predicted octanol–water partition coefficient (Wildman–Crippen LogP) is 2.11. The van der Waals surface area contributed by atoms with Crippen LogP contribution in [-0.2, 0) is 35.0 Å². The number of hydrogen-bond donors (Lipinski definition) is 0. The van der Waals surface area contributed by atoms with E-state index >= 15 is 0 Å². The highest BCUT2D eigenvalue weighted by Crippen LogP contribution is 2.35. The van der Waals surface area contributed by atoms with Gasteiger partial charge in [0.05, 0.1) is 13.2 Å². The van der Waals surface area contributed by atoms with E-state index in [4.69, 9.17) is 28.4 Å². The molecule has 2 fully saturated rings. The molecule has 0 bridgehead atoms. The fourth-order valence-electron chi connectivity index (χ4n) is 3.22. The average Bonchev–Trinajstić information content (AvgIpc) is 3.12. The molecule has 3 rings (SSSR count). The van der Waals surface area contributed by atoms with E-state index in [1.807, 2.05) is 44.2 Å². The topological polar surface area (TPSA) is 55.4 Å². The number of rotatable bonds is 6. The van der Waals surface area contributed by atoms with Gasteiger partial charge in [0.1, 0.15) is 24.4 Å². The van der Waals surface area contributed by atoms with E-state index in [1.165, 1.54) is 0 Å². The second-order valence-electron chi connectivity index (χ2n) is 6.53. The highest BCUT2D eigenvalue weighted by molar-refractivity contribution is 5.13. The van der Waals surface area contributed by atoms with Gasteiger partial charge in [-0.25, -0.2) is 0 Å². The Hall–Kier alpha value is -1.02. The lowest BCUT2D eigenvalue weighted by Gasteiger charge is -2.26. The minimum Gasteiger partial charge on any atom is -0.373 e. The molecular weight excluding hydrogens is 312 g/mol. The second kappa shape index (κ2) is 7.47.